The number of carbonyl (C=O) groups excluding carboxylic acids is 1. The number of benzene rings is 2. The molecule has 1 saturated heterocycles. The van der Waals surface area contributed by atoms with Crippen LogP contribution in [0.2, 0.25) is 0 Å². The molecule has 1 aliphatic heterocycles. The number of ether oxygens (including phenoxy) is 2. The van der Waals surface area contributed by atoms with Gasteiger partial charge >= 0.3 is 0 Å². The Hall–Kier alpha value is -3.43. The molecule has 0 spiro atoms. The predicted octanol–water partition coefficient (Wildman–Crippen LogP) is 2.65. The molecule has 0 aliphatic carbocycles. The molecular formula is C27H35N5O4. The molecule has 0 saturated carbocycles. The molecular weight excluding hydrogens is 458 g/mol. The van der Waals surface area contributed by atoms with Crippen molar-refractivity contribution >= 4 is 28.5 Å². The van der Waals surface area contributed by atoms with Crippen LogP contribution in [0, 0.1) is 0 Å². The van der Waals surface area contributed by atoms with E-state index in [0.29, 0.717) is 47.3 Å². The number of Topliss-reactive ketones (excluding diaryl/α,β-unsaturated/α-hetero) is 1. The number of rotatable bonds is 9. The molecule has 9 nitrogen and oxygen atoms in total. The summed E-state index contributed by atoms with van der Waals surface area (Å²) in [5.74, 6) is 1.88. The Morgan fingerprint density at radius 2 is 1.78 bits per heavy atom. The maximum atomic E-state index is 11.5. The molecule has 1 aromatic heterocycles. The van der Waals surface area contributed by atoms with E-state index in [9.17, 15) is 9.90 Å². The van der Waals surface area contributed by atoms with Gasteiger partial charge in [-0.2, -0.15) is 4.98 Å². The highest BCUT2D eigenvalue weighted by molar-refractivity contribution is 5.91. The zero-order valence-corrected chi connectivity index (χ0v) is 21.4. The number of anilines is 2. The van der Waals surface area contributed by atoms with Crippen LogP contribution in [0.5, 0.6) is 11.5 Å². The molecule has 0 amide bonds. The fourth-order valence-corrected chi connectivity index (χ4v) is 5.03. The summed E-state index contributed by atoms with van der Waals surface area (Å²) in [5, 5.41) is 10.8. The number of aliphatic hydroxyl groups is 1. The van der Waals surface area contributed by atoms with Crippen LogP contribution in [0.25, 0.3) is 10.9 Å². The van der Waals surface area contributed by atoms with E-state index in [1.807, 2.05) is 19.2 Å². The molecule has 192 valence electrons. The predicted molar refractivity (Wildman–Crippen MR) is 141 cm³/mol. The van der Waals surface area contributed by atoms with E-state index in [-0.39, 0.29) is 11.2 Å². The molecule has 0 bridgehead atoms. The van der Waals surface area contributed by atoms with Gasteiger partial charge in [-0.05, 0) is 44.5 Å². The van der Waals surface area contributed by atoms with Crippen molar-refractivity contribution in [1.82, 2.24) is 14.9 Å². The van der Waals surface area contributed by atoms with Crippen molar-refractivity contribution in [2.75, 3.05) is 58.1 Å². The fourth-order valence-electron chi connectivity index (χ4n) is 5.03. The van der Waals surface area contributed by atoms with Gasteiger partial charge < -0.3 is 30.1 Å². The Kier molecular flexibility index (Phi) is 7.61. The molecule has 3 aromatic rings. The number of likely N-dealkylation sites (tertiary alicyclic amines) is 1. The minimum Gasteiger partial charge on any atom is -0.493 e. The number of aliphatic hydroxyl groups excluding tert-OH is 1. The maximum absolute atomic E-state index is 11.5. The summed E-state index contributed by atoms with van der Waals surface area (Å²) in [6, 6.07) is 14.1. The first-order valence-electron chi connectivity index (χ1n) is 12.1. The number of hydrogen-bond acceptors (Lipinski definition) is 9. The van der Waals surface area contributed by atoms with Crippen LogP contribution in [0.15, 0.2) is 42.5 Å². The van der Waals surface area contributed by atoms with E-state index < -0.39 is 6.10 Å². The lowest BCUT2D eigenvalue weighted by Crippen LogP contribution is -2.50. The smallest absolute Gasteiger partial charge is 0.227 e. The second-order valence-corrected chi connectivity index (χ2v) is 9.56. The lowest BCUT2D eigenvalue weighted by Gasteiger charge is -2.44. The van der Waals surface area contributed by atoms with Gasteiger partial charge in [0.05, 0.1) is 19.7 Å². The molecule has 2 aromatic carbocycles. The Bertz CT molecular complexity index is 1210. The first-order valence-corrected chi connectivity index (χ1v) is 12.1. The van der Waals surface area contributed by atoms with Gasteiger partial charge in [-0.3, -0.25) is 4.79 Å². The highest BCUT2D eigenvalue weighted by atomic mass is 16.5. The average molecular weight is 494 g/mol. The van der Waals surface area contributed by atoms with Gasteiger partial charge in [0, 0.05) is 37.0 Å². The Labute approximate surface area is 211 Å². The van der Waals surface area contributed by atoms with E-state index in [1.165, 1.54) is 12.5 Å². The van der Waals surface area contributed by atoms with Gasteiger partial charge in [-0.1, -0.05) is 30.3 Å². The molecule has 3 N–H and O–H groups in total. The fraction of sp³-hybridized carbons (Fsp3) is 0.444. The number of carbonyl (C=O) groups is 1. The van der Waals surface area contributed by atoms with E-state index in [4.69, 9.17) is 20.2 Å². The number of fused-ring (bicyclic) bond motifs is 1. The number of piperidine rings is 1. The highest BCUT2D eigenvalue weighted by Crippen LogP contribution is 2.38. The molecule has 1 unspecified atom stereocenters. The van der Waals surface area contributed by atoms with E-state index >= 15 is 0 Å². The van der Waals surface area contributed by atoms with Crippen molar-refractivity contribution in [3.63, 3.8) is 0 Å². The van der Waals surface area contributed by atoms with Crippen LogP contribution in [-0.4, -0.2) is 79.3 Å². The first-order chi connectivity index (χ1) is 17.3. The second kappa shape index (κ2) is 10.7. The van der Waals surface area contributed by atoms with Crippen molar-refractivity contribution in [1.29, 1.82) is 0 Å². The Balaban J connectivity index is 1.62. The van der Waals surface area contributed by atoms with Crippen LogP contribution in [0.1, 0.15) is 25.3 Å². The number of methoxy groups -OCH3 is 2. The monoisotopic (exact) mass is 493 g/mol. The number of nitrogens with two attached hydrogens (primary N) is 1. The Morgan fingerprint density at radius 1 is 1.14 bits per heavy atom. The first kappa shape index (κ1) is 25.7. The van der Waals surface area contributed by atoms with E-state index in [0.717, 1.165) is 25.9 Å². The molecule has 36 heavy (non-hydrogen) atoms. The quantitative estimate of drug-likeness (QED) is 0.464. The summed E-state index contributed by atoms with van der Waals surface area (Å²) in [4.78, 5) is 25.2. The zero-order valence-electron chi connectivity index (χ0n) is 21.4. The van der Waals surface area contributed by atoms with Gasteiger partial charge in [0.15, 0.2) is 17.3 Å². The number of nitrogen functional groups attached to an aromatic ring is 1. The van der Waals surface area contributed by atoms with Gasteiger partial charge in [-0.25, -0.2) is 4.98 Å². The van der Waals surface area contributed by atoms with Crippen molar-refractivity contribution in [3.8, 4) is 11.5 Å². The molecule has 4 rings (SSSR count). The van der Waals surface area contributed by atoms with Gasteiger partial charge in [0.2, 0.25) is 5.95 Å². The van der Waals surface area contributed by atoms with Crippen LogP contribution in [-0.2, 0) is 10.2 Å². The van der Waals surface area contributed by atoms with Gasteiger partial charge in [0.1, 0.15) is 11.9 Å². The van der Waals surface area contributed by atoms with Crippen molar-refractivity contribution < 1.29 is 19.4 Å². The van der Waals surface area contributed by atoms with Crippen molar-refractivity contribution in [3.05, 3.63) is 48.0 Å². The molecule has 1 aliphatic rings. The minimum atomic E-state index is -0.943. The summed E-state index contributed by atoms with van der Waals surface area (Å²) < 4.78 is 10.8. The number of likely N-dealkylation sites (N-methyl/N-ethyl adjacent to an activating group) is 1. The molecule has 1 atom stereocenters. The number of β-amino-alcohol motifs (C(OH)–C–C–N with tert-alkyl or cyclic N) is 1. The topological polar surface area (TPSA) is 114 Å². The summed E-state index contributed by atoms with van der Waals surface area (Å²) in [6.45, 7) is 4.05. The summed E-state index contributed by atoms with van der Waals surface area (Å²) >= 11 is 0. The van der Waals surface area contributed by atoms with Crippen molar-refractivity contribution in [2.45, 2.75) is 31.3 Å². The van der Waals surface area contributed by atoms with E-state index in [2.05, 4.69) is 39.0 Å². The number of hydrogen-bond donors (Lipinski definition) is 2. The largest absolute Gasteiger partial charge is 0.493 e. The Morgan fingerprint density at radius 3 is 2.39 bits per heavy atom. The molecule has 9 heteroatoms. The third-order valence-electron chi connectivity index (χ3n) is 7.20. The SMILES string of the molecule is COc1cc2nc(N(C)CC3(c4ccccc4)CCN(CC(O)C(C)=O)CC3)nc(N)c2cc1OC. The summed E-state index contributed by atoms with van der Waals surface area (Å²) in [6.07, 6.45) is 0.807. The van der Waals surface area contributed by atoms with Crippen LogP contribution < -0.4 is 20.1 Å². The van der Waals surface area contributed by atoms with Crippen LogP contribution in [0.3, 0.4) is 0 Å². The summed E-state index contributed by atoms with van der Waals surface area (Å²) in [5.41, 5.74) is 8.14. The molecule has 1 fully saturated rings. The van der Waals surface area contributed by atoms with Crippen LogP contribution in [0.4, 0.5) is 11.8 Å². The highest BCUT2D eigenvalue weighted by Gasteiger charge is 2.38. The maximum Gasteiger partial charge on any atom is 0.227 e. The second-order valence-electron chi connectivity index (χ2n) is 9.56. The normalized spacial score (nSPS) is 16.5. The molecule has 0 radical (unpaired) electrons. The van der Waals surface area contributed by atoms with Gasteiger partial charge in [0.25, 0.3) is 0 Å². The van der Waals surface area contributed by atoms with Crippen molar-refractivity contribution in [2.24, 2.45) is 0 Å². The van der Waals surface area contributed by atoms with E-state index in [1.54, 1.807) is 20.3 Å². The average Bonchev–Trinajstić information content (AvgIpc) is 2.89. The third-order valence-corrected chi connectivity index (χ3v) is 7.20. The third kappa shape index (κ3) is 5.22. The molecule has 2 heterocycles. The number of nitrogens with zero attached hydrogens (tertiary/aromatic N) is 4. The zero-order chi connectivity index (χ0) is 25.9. The van der Waals surface area contributed by atoms with Gasteiger partial charge in [-0.15, -0.1) is 0 Å². The summed E-state index contributed by atoms with van der Waals surface area (Å²) in [7, 11) is 5.16. The number of aromatic nitrogens is 2. The number of ketones is 1. The lowest BCUT2D eigenvalue weighted by atomic mass is 9.72. The minimum absolute atomic E-state index is 0.141. The standard InChI is InChI=1S/C27H35N5O4/c1-18(33)22(34)16-32-12-10-27(11-13-32,19-8-6-5-7-9-19)17-31(2)26-29-21-15-24(36-4)23(35-3)14-20(21)25(28)30-26/h5-9,14-15,22,34H,10-13,16-17H2,1-4H3,(H2,28,29,30). The van der Waals surface area contributed by atoms with Crippen LogP contribution >= 0.6 is 0 Å². The lowest BCUT2D eigenvalue weighted by molar-refractivity contribution is -0.126.